The van der Waals surface area contributed by atoms with Crippen LogP contribution >= 0.6 is 0 Å². The van der Waals surface area contributed by atoms with Gasteiger partial charge in [-0.05, 0) is 58.8 Å². The molecule has 1 aromatic heterocycles. The average molecular weight is 587 g/mol. The highest BCUT2D eigenvalue weighted by Gasteiger charge is 2.19. The van der Waals surface area contributed by atoms with Crippen LogP contribution in [0.25, 0.3) is 60.2 Å². The molecule has 0 amide bonds. The summed E-state index contributed by atoms with van der Waals surface area (Å²) >= 11 is 0. The van der Waals surface area contributed by atoms with Gasteiger partial charge in [0.15, 0.2) is 0 Å². The van der Waals surface area contributed by atoms with E-state index in [1.165, 1.54) is 60.2 Å². The van der Waals surface area contributed by atoms with Crippen LogP contribution in [0, 0.1) is 0 Å². The van der Waals surface area contributed by atoms with Gasteiger partial charge in [-0.3, -0.25) is 0 Å². The third kappa shape index (κ3) is 4.19. The summed E-state index contributed by atoms with van der Waals surface area (Å²) in [5.41, 5.74) is 9.41. The van der Waals surface area contributed by atoms with Crippen LogP contribution in [-0.4, -0.2) is 4.57 Å². The van der Waals surface area contributed by atoms with Crippen molar-refractivity contribution < 1.29 is 0 Å². The second-order valence-electron chi connectivity index (χ2n) is 11.8. The number of anilines is 3. The number of benzene rings is 8. The molecule has 9 rings (SSSR count). The SMILES string of the molecule is c1ccc(-n2c3ccccc3c3ccccc32)c(-c2ccc(N(c3cccc4ccccc34)c3cccc4ccccc34)cc2)c1. The van der Waals surface area contributed by atoms with E-state index in [0.717, 1.165) is 17.1 Å². The van der Waals surface area contributed by atoms with E-state index in [0.29, 0.717) is 0 Å². The Labute approximate surface area is 268 Å². The minimum atomic E-state index is 1.12. The van der Waals surface area contributed by atoms with Gasteiger partial charge in [0.25, 0.3) is 0 Å². The third-order valence-corrected chi connectivity index (χ3v) is 9.18. The first kappa shape index (κ1) is 26.3. The molecular weight excluding hydrogens is 556 g/mol. The van der Waals surface area contributed by atoms with E-state index in [2.05, 4.69) is 191 Å². The van der Waals surface area contributed by atoms with Crippen LogP contribution < -0.4 is 4.90 Å². The first-order valence-corrected chi connectivity index (χ1v) is 15.8. The van der Waals surface area contributed by atoms with Gasteiger partial charge >= 0.3 is 0 Å². The van der Waals surface area contributed by atoms with Crippen LogP contribution in [0.1, 0.15) is 0 Å². The van der Waals surface area contributed by atoms with Crippen molar-refractivity contribution in [2.45, 2.75) is 0 Å². The van der Waals surface area contributed by atoms with Crippen molar-refractivity contribution in [3.8, 4) is 16.8 Å². The number of hydrogen-bond donors (Lipinski definition) is 0. The van der Waals surface area contributed by atoms with Gasteiger partial charge in [-0.1, -0.05) is 140 Å². The maximum absolute atomic E-state index is 2.41. The molecule has 2 heteroatoms. The molecule has 2 nitrogen and oxygen atoms in total. The zero-order valence-electron chi connectivity index (χ0n) is 25.2. The van der Waals surface area contributed by atoms with Crippen molar-refractivity contribution in [2.75, 3.05) is 4.90 Å². The molecule has 0 atom stereocenters. The van der Waals surface area contributed by atoms with Crippen molar-refractivity contribution in [1.82, 2.24) is 4.57 Å². The topological polar surface area (TPSA) is 8.17 Å². The monoisotopic (exact) mass is 586 g/mol. The molecule has 0 bridgehead atoms. The Morgan fingerprint density at radius 3 is 1.39 bits per heavy atom. The lowest BCUT2D eigenvalue weighted by atomic mass is 10.0. The molecule has 0 saturated carbocycles. The van der Waals surface area contributed by atoms with Gasteiger partial charge in [0.1, 0.15) is 0 Å². The summed E-state index contributed by atoms with van der Waals surface area (Å²) in [4.78, 5) is 2.41. The average Bonchev–Trinajstić information content (AvgIpc) is 3.47. The van der Waals surface area contributed by atoms with Crippen molar-refractivity contribution >= 4 is 60.4 Å². The van der Waals surface area contributed by atoms with E-state index in [4.69, 9.17) is 0 Å². The van der Waals surface area contributed by atoms with Gasteiger partial charge in [0.05, 0.1) is 28.1 Å². The third-order valence-electron chi connectivity index (χ3n) is 9.18. The van der Waals surface area contributed by atoms with E-state index in [1.54, 1.807) is 0 Å². The fourth-order valence-electron chi connectivity index (χ4n) is 7.10. The van der Waals surface area contributed by atoms with E-state index in [1.807, 2.05) is 0 Å². The Morgan fingerprint density at radius 2 is 0.804 bits per heavy atom. The normalized spacial score (nSPS) is 11.5. The maximum Gasteiger partial charge on any atom is 0.0541 e. The summed E-state index contributed by atoms with van der Waals surface area (Å²) in [5, 5.41) is 7.43. The predicted molar refractivity (Wildman–Crippen MR) is 196 cm³/mol. The Hall–Kier alpha value is -6.12. The Morgan fingerprint density at radius 1 is 0.348 bits per heavy atom. The first-order chi connectivity index (χ1) is 22.8. The molecule has 0 aliphatic heterocycles. The molecule has 46 heavy (non-hydrogen) atoms. The number of fused-ring (bicyclic) bond motifs is 5. The molecular formula is C44H30N2. The molecule has 0 unspecified atom stereocenters. The zero-order valence-corrected chi connectivity index (χ0v) is 25.2. The van der Waals surface area contributed by atoms with E-state index < -0.39 is 0 Å². The van der Waals surface area contributed by atoms with Crippen LogP contribution in [0.2, 0.25) is 0 Å². The van der Waals surface area contributed by atoms with Crippen LogP contribution in [0.3, 0.4) is 0 Å². The van der Waals surface area contributed by atoms with Gasteiger partial charge in [0.2, 0.25) is 0 Å². The minimum Gasteiger partial charge on any atom is -0.309 e. The molecule has 0 aliphatic carbocycles. The molecule has 0 aliphatic rings. The van der Waals surface area contributed by atoms with Crippen LogP contribution in [0.4, 0.5) is 17.1 Å². The lowest BCUT2D eigenvalue weighted by Gasteiger charge is -2.28. The van der Waals surface area contributed by atoms with Crippen molar-refractivity contribution in [2.24, 2.45) is 0 Å². The van der Waals surface area contributed by atoms with Crippen LogP contribution in [-0.2, 0) is 0 Å². The molecule has 8 aromatic carbocycles. The second kappa shape index (κ2) is 10.8. The number of para-hydroxylation sites is 3. The second-order valence-corrected chi connectivity index (χ2v) is 11.8. The predicted octanol–water partition coefficient (Wildman–Crippen LogP) is 12.2. The summed E-state index contributed by atoms with van der Waals surface area (Å²) in [6, 6.07) is 65.7. The van der Waals surface area contributed by atoms with Gasteiger partial charge in [0, 0.05) is 32.8 Å². The quantitative estimate of drug-likeness (QED) is 0.195. The molecule has 9 aromatic rings. The summed E-state index contributed by atoms with van der Waals surface area (Å²) < 4.78 is 2.41. The Kier molecular flexibility index (Phi) is 6.17. The van der Waals surface area contributed by atoms with Gasteiger partial charge < -0.3 is 9.47 Å². The molecule has 0 fully saturated rings. The highest BCUT2D eigenvalue weighted by atomic mass is 15.1. The number of nitrogens with zero attached hydrogens (tertiary/aromatic N) is 2. The highest BCUT2D eigenvalue weighted by molar-refractivity contribution is 6.10. The number of aromatic nitrogens is 1. The summed E-state index contributed by atoms with van der Waals surface area (Å²) in [6.07, 6.45) is 0. The van der Waals surface area contributed by atoms with Crippen molar-refractivity contribution in [3.05, 3.63) is 182 Å². The van der Waals surface area contributed by atoms with E-state index >= 15 is 0 Å². The maximum atomic E-state index is 2.41. The Balaban J connectivity index is 1.23. The molecule has 0 N–H and O–H groups in total. The smallest absolute Gasteiger partial charge is 0.0541 e. The van der Waals surface area contributed by atoms with Gasteiger partial charge in [-0.15, -0.1) is 0 Å². The zero-order chi connectivity index (χ0) is 30.5. The molecule has 216 valence electrons. The van der Waals surface area contributed by atoms with Gasteiger partial charge in [-0.2, -0.15) is 0 Å². The largest absolute Gasteiger partial charge is 0.309 e. The molecule has 1 heterocycles. The fourth-order valence-corrected chi connectivity index (χ4v) is 7.10. The lowest BCUT2D eigenvalue weighted by molar-refractivity contribution is 1.18. The molecule has 0 spiro atoms. The summed E-state index contributed by atoms with van der Waals surface area (Å²) in [5.74, 6) is 0. The van der Waals surface area contributed by atoms with Crippen LogP contribution in [0.15, 0.2) is 182 Å². The van der Waals surface area contributed by atoms with Crippen LogP contribution in [0.5, 0.6) is 0 Å². The number of rotatable bonds is 5. The van der Waals surface area contributed by atoms with E-state index in [9.17, 15) is 0 Å². The minimum absolute atomic E-state index is 1.12. The number of hydrogen-bond acceptors (Lipinski definition) is 1. The van der Waals surface area contributed by atoms with Crippen molar-refractivity contribution in [3.63, 3.8) is 0 Å². The first-order valence-electron chi connectivity index (χ1n) is 15.8. The van der Waals surface area contributed by atoms with Crippen molar-refractivity contribution in [1.29, 1.82) is 0 Å². The standard InChI is InChI=1S/C44H30N2/c1-3-17-35-31(13-1)15-11-25-40(35)45(41-26-12-16-32-14-2-4-18-36(32)41)34-29-27-33(28-30-34)37-19-5-8-22-42(37)46-43-23-9-6-20-38(43)39-21-7-10-24-44(39)46/h1-30H. The van der Waals surface area contributed by atoms with E-state index in [-0.39, 0.29) is 0 Å². The Bertz CT molecular complexity index is 2400. The molecule has 0 saturated heterocycles. The highest BCUT2D eigenvalue weighted by Crippen LogP contribution is 2.43. The summed E-state index contributed by atoms with van der Waals surface area (Å²) in [7, 11) is 0. The van der Waals surface area contributed by atoms with Gasteiger partial charge in [-0.25, -0.2) is 0 Å². The fraction of sp³-hybridized carbons (Fsp3) is 0. The lowest BCUT2D eigenvalue weighted by Crippen LogP contribution is -2.11. The summed E-state index contributed by atoms with van der Waals surface area (Å²) in [6.45, 7) is 0. The molecule has 0 radical (unpaired) electrons.